The molecule has 1 aliphatic heterocycles. The van der Waals surface area contributed by atoms with Gasteiger partial charge in [0.1, 0.15) is 11.4 Å². The molecule has 1 aliphatic rings. The van der Waals surface area contributed by atoms with E-state index >= 15 is 0 Å². The Hall–Kier alpha value is -2.46. The first kappa shape index (κ1) is 39.7. The second-order valence-corrected chi connectivity index (χ2v) is 12.9. The van der Waals surface area contributed by atoms with E-state index in [0.717, 1.165) is 103 Å². The normalized spacial score (nSPS) is 13.5. The van der Waals surface area contributed by atoms with E-state index in [1.807, 2.05) is 4.90 Å². The number of carboxylic acid groups (broad SMARTS) is 1. The number of rotatable bonds is 30. The molecule has 0 spiro atoms. The highest BCUT2D eigenvalue weighted by Gasteiger charge is 2.26. The summed E-state index contributed by atoms with van der Waals surface area (Å²) < 4.78 is 10.8. The third-order valence-corrected chi connectivity index (χ3v) is 8.90. The lowest BCUT2D eigenvalue weighted by molar-refractivity contribution is -0.144. The molecule has 2 rings (SSSR count). The van der Waals surface area contributed by atoms with E-state index in [9.17, 15) is 19.2 Å². The minimum absolute atomic E-state index is 0.0606. The molecule has 10 nitrogen and oxygen atoms in total. The van der Waals surface area contributed by atoms with Gasteiger partial charge in [-0.1, -0.05) is 84.0 Å². The van der Waals surface area contributed by atoms with E-state index < -0.39 is 16.8 Å². The average Bonchev–Trinajstić information content (AvgIpc) is 3.05. The first-order valence-electron chi connectivity index (χ1n) is 18.4. The summed E-state index contributed by atoms with van der Waals surface area (Å²) in [5.41, 5.74) is 0.174. The van der Waals surface area contributed by atoms with Crippen molar-refractivity contribution in [1.29, 1.82) is 0 Å². The van der Waals surface area contributed by atoms with Gasteiger partial charge in [-0.2, -0.15) is 0 Å². The van der Waals surface area contributed by atoms with E-state index in [1.165, 1.54) is 32.1 Å². The highest BCUT2D eigenvalue weighted by molar-refractivity contribution is 5.75. The maximum absolute atomic E-state index is 12.2. The average molecular weight is 650 g/mol. The molecule has 0 bridgehead atoms. The summed E-state index contributed by atoms with van der Waals surface area (Å²) in [5, 5.41) is 12.1. The van der Waals surface area contributed by atoms with Crippen molar-refractivity contribution in [3.63, 3.8) is 0 Å². The first-order valence-corrected chi connectivity index (χ1v) is 18.4. The van der Waals surface area contributed by atoms with Gasteiger partial charge in [0.25, 0.3) is 10.9 Å². The first-order chi connectivity index (χ1) is 22.4. The lowest BCUT2D eigenvalue weighted by Crippen LogP contribution is -2.47. The summed E-state index contributed by atoms with van der Waals surface area (Å²) in [6.07, 6.45) is 20.4. The smallest absolute Gasteiger partial charge is 0.305 e. The number of anilines is 2. The number of aliphatic carboxylic acids is 1. The summed E-state index contributed by atoms with van der Waals surface area (Å²) in [6.45, 7) is 8.76. The van der Waals surface area contributed by atoms with Gasteiger partial charge in [0.05, 0.1) is 19.8 Å². The van der Waals surface area contributed by atoms with Crippen LogP contribution in [0.25, 0.3) is 0 Å². The van der Waals surface area contributed by atoms with Gasteiger partial charge in [-0.05, 0) is 58.2 Å². The Kier molecular flexibility index (Phi) is 22.1. The molecular formula is C36H63N3O7. The number of unbranched alkanes of at least 4 members (excludes halogenated alkanes) is 14. The molecule has 0 aromatic heterocycles. The molecule has 1 aromatic carbocycles. The number of carboxylic acids is 1. The van der Waals surface area contributed by atoms with Crippen molar-refractivity contribution in [2.75, 3.05) is 69.3 Å². The van der Waals surface area contributed by atoms with Crippen LogP contribution in [0.15, 0.2) is 9.59 Å². The summed E-state index contributed by atoms with van der Waals surface area (Å²) in [4.78, 5) is 51.6. The number of carbonyl (C=O) groups is 2. The summed E-state index contributed by atoms with van der Waals surface area (Å²) in [5.74, 6) is -0.783. The van der Waals surface area contributed by atoms with Crippen LogP contribution in [0, 0.1) is 0 Å². The molecular weight excluding hydrogens is 586 g/mol. The second-order valence-electron chi connectivity index (χ2n) is 12.9. The molecule has 46 heavy (non-hydrogen) atoms. The summed E-state index contributed by atoms with van der Waals surface area (Å²) >= 11 is 0. The molecule has 264 valence electrons. The molecule has 0 radical (unpaired) electrons. The van der Waals surface area contributed by atoms with E-state index in [0.29, 0.717) is 57.3 Å². The van der Waals surface area contributed by atoms with E-state index in [1.54, 1.807) is 0 Å². The molecule has 1 aromatic rings. The van der Waals surface area contributed by atoms with Gasteiger partial charge >= 0.3 is 11.9 Å². The third kappa shape index (κ3) is 17.5. The van der Waals surface area contributed by atoms with Crippen LogP contribution >= 0.6 is 0 Å². The molecule has 0 saturated carbocycles. The Balaban J connectivity index is 1.61. The Morgan fingerprint density at radius 1 is 0.739 bits per heavy atom. The number of hydrogen-bond acceptors (Lipinski definition) is 9. The van der Waals surface area contributed by atoms with Crippen LogP contribution in [0.1, 0.15) is 135 Å². The highest BCUT2D eigenvalue weighted by Crippen LogP contribution is 2.21. The maximum atomic E-state index is 12.2. The molecule has 0 amide bonds. The van der Waals surface area contributed by atoms with Crippen LogP contribution in [-0.2, 0) is 19.1 Å². The Morgan fingerprint density at radius 2 is 1.28 bits per heavy atom. The summed E-state index contributed by atoms with van der Waals surface area (Å²) in [7, 11) is 0. The van der Waals surface area contributed by atoms with E-state index in [-0.39, 0.29) is 12.4 Å². The van der Waals surface area contributed by atoms with Gasteiger partial charge in [0, 0.05) is 32.5 Å². The van der Waals surface area contributed by atoms with E-state index in [2.05, 4.69) is 17.1 Å². The van der Waals surface area contributed by atoms with Crippen molar-refractivity contribution in [1.82, 2.24) is 4.90 Å². The largest absolute Gasteiger partial charge is 0.481 e. The number of nitrogens with one attached hydrogen (secondary N) is 1. The third-order valence-electron chi connectivity index (χ3n) is 8.90. The lowest BCUT2D eigenvalue weighted by Gasteiger charge is -2.31. The fourth-order valence-electron chi connectivity index (χ4n) is 6.08. The molecule has 0 atom stereocenters. The minimum atomic E-state index is -0.723. The number of hydrogen-bond donors (Lipinski definition) is 2. The Labute approximate surface area is 277 Å². The number of morpholine rings is 1. The maximum Gasteiger partial charge on any atom is 0.305 e. The predicted molar refractivity (Wildman–Crippen MR) is 186 cm³/mol. The van der Waals surface area contributed by atoms with E-state index in [4.69, 9.17) is 14.6 Å². The number of ether oxygens (including phenoxy) is 2. The van der Waals surface area contributed by atoms with Crippen LogP contribution in [0.3, 0.4) is 0 Å². The van der Waals surface area contributed by atoms with Crippen molar-refractivity contribution in [3.05, 3.63) is 20.4 Å². The number of nitrogens with zero attached hydrogens (tertiary/aromatic N) is 2. The fraction of sp³-hybridized carbons (Fsp3) is 0.833. The second kappa shape index (κ2) is 25.6. The van der Waals surface area contributed by atoms with Crippen LogP contribution in [0.4, 0.5) is 11.4 Å². The standard InChI is InChI=1S/C36H63N3O7/c1-2-3-4-5-6-13-18-28-46-32(42)21-15-10-8-12-17-24-38(23-16-11-7-9-14-20-31(40)41)25-19-22-37-33-34(36(44)35(33)43)39-26-29-45-30-27-39/h37H,2-30H2,1H3,(H,40,41). The zero-order chi connectivity index (χ0) is 33.2. The predicted octanol–water partition coefficient (Wildman–Crippen LogP) is 6.28. The van der Waals surface area contributed by atoms with Gasteiger partial charge in [0.2, 0.25) is 0 Å². The molecule has 0 aliphatic carbocycles. The highest BCUT2D eigenvalue weighted by atomic mass is 16.5. The van der Waals surface area contributed by atoms with Crippen molar-refractivity contribution in [2.45, 2.75) is 135 Å². The molecule has 1 heterocycles. The molecule has 2 N–H and O–H groups in total. The fourth-order valence-corrected chi connectivity index (χ4v) is 6.08. The van der Waals surface area contributed by atoms with Crippen LogP contribution in [-0.4, -0.2) is 81.0 Å². The SMILES string of the molecule is CCCCCCCCCOC(=O)CCCCCCCN(CCCCCCCC(=O)O)CCCNc1c(N2CCOCC2)c(=O)c1=O. The lowest BCUT2D eigenvalue weighted by atomic mass is 10.1. The number of esters is 1. The topological polar surface area (TPSA) is 125 Å². The monoisotopic (exact) mass is 649 g/mol. The zero-order valence-corrected chi connectivity index (χ0v) is 28.8. The van der Waals surface area contributed by atoms with Gasteiger partial charge in [-0.15, -0.1) is 0 Å². The Bertz CT molecular complexity index is 1020. The quantitative estimate of drug-likeness (QED) is 0.0559. The van der Waals surface area contributed by atoms with Crippen LogP contribution in [0.2, 0.25) is 0 Å². The zero-order valence-electron chi connectivity index (χ0n) is 28.8. The number of carbonyl (C=O) groups excluding carboxylic acids is 1. The van der Waals surface area contributed by atoms with Gasteiger partial charge < -0.3 is 29.7 Å². The molecule has 0 unspecified atom stereocenters. The Morgan fingerprint density at radius 3 is 1.91 bits per heavy atom. The van der Waals surface area contributed by atoms with Crippen LogP contribution in [0.5, 0.6) is 0 Å². The van der Waals surface area contributed by atoms with Gasteiger partial charge in [-0.25, -0.2) is 0 Å². The van der Waals surface area contributed by atoms with Gasteiger partial charge in [0.15, 0.2) is 0 Å². The van der Waals surface area contributed by atoms with Crippen molar-refractivity contribution >= 4 is 23.3 Å². The van der Waals surface area contributed by atoms with Crippen molar-refractivity contribution < 1.29 is 24.2 Å². The van der Waals surface area contributed by atoms with Crippen LogP contribution < -0.4 is 21.1 Å². The molecule has 1 fully saturated rings. The molecule has 10 heteroatoms. The van der Waals surface area contributed by atoms with Gasteiger partial charge in [-0.3, -0.25) is 19.2 Å². The van der Waals surface area contributed by atoms with Crippen molar-refractivity contribution in [3.8, 4) is 0 Å². The summed E-state index contributed by atoms with van der Waals surface area (Å²) in [6, 6.07) is 0. The molecule has 1 saturated heterocycles. The van der Waals surface area contributed by atoms with Crippen molar-refractivity contribution in [2.24, 2.45) is 0 Å². The minimum Gasteiger partial charge on any atom is -0.481 e.